The van der Waals surface area contributed by atoms with Crippen molar-refractivity contribution in [2.24, 2.45) is 0 Å². The van der Waals surface area contributed by atoms with Crippen LogP contribution < -0.4 is 14.8 Å². The Morgan fingerprint density at radius 3 is 2.83 bits per heavy atom. The van der Waals surface area contributed by atoms with E-state index in [2.05, 4.69) is 15.5 Å². The van der Waals surface area contributed by atoms with E-state index in [1.165, 1.54) is 0 Å². The van der Waals surface area contributed by atoms with Crippen molar-refractivity contribution in [1.82, 2.24) is 15.5 Å². The van der Waals surface area contributed by atoms with Crippen LogP contribution in [0, 0.1) is 0 Å². The average molecular weight is 393 g/mol. The van der Waals surface area contributed by atoms with Gasteiger partial charge >= 0.3 is 0 Å². The highest BCUT2D eigenvalue weighted by atomic mass is 16.6. The van der Waals surface area contributed by atoms with Gasteiger partial charge in [0, 0.05) is 29.8 Å². The molecule has 7 nitrogen and oxygen atoms in total. The number of nitrogens with zero attached hydrogens (tertiary/aromatic N) is 1. The smallest absolute Gasteiger partial charge is 0.251 e. The summed E-state index contributed by atoms with van der Waals surface area (Å²) in [7, 11) is 0. The van der Waals surface area contributed by atoms with Crippen LogP contribution in [0.4, 0.5) is 0 Å². The first-order valence-corrected chi connectivity index (χ1v) is 9.67. The zero-order valence-corrected chi connectivity index (χ0v) is 16.2. The number of para-hydroxylation sites is 1. The van der Waals surface area contributed by atoms with Gasteiger partial charge in [-0.05, 0) is 37.3 Å². The summed E-state index contributed by atoms with van der Waals surface area (Å²) in [6.45, 7) is 4.64. The van der Waals surface area contributed by atoms with E-state index in [0.717, 1.165) is 34.0 Å². The fraction of sp³-hybridized carbons (Fsp3) is 0.273. The molecule has 2 N–H and O–H groups in total. The highest BCUT2D eigenvalue weighted by Crippen LogP contribution is 2.39. The molecule has 1 amide bonds. The first-order valence-electron chi connectivity index (χ1n) is 9.67. The van der Waals surface area contributed by atoms with Gasteiger partial charge in [0.15, 0.2) is 11.5 Å². The summed E-state index contributed by atoms with van der Waals surface area (Å²) in [5, 5.41) is 10.3. The molecule has 7 heteroatoms. The maximum absolute atomic E-state index is 12.2. The van der Waals surface area contributed by atoms with Crippen LogP contribution in [0.25, 0.3) is 22.5 Å². The largest absolute Gasteiger partial charge is 0.486 e. The maximum Gasteiger partial charge on any atom is 0.251 e. The number of hydrogen-bond donors (Lipinski definition) is 2. The molecule has 1 aliphatic rings. The monoisotopic (exact) mass is 393 g/mol. The van der Waals surface area contributed by atoms with E-state index in [1.54, 1.807) is 12.1 Å². The predicted octanol–water partition coefficient (Wildman–Crippen LogP) is 3.28. The van der Waals surface area contributed by atoms with E-state index in [1.807, 2.05) is 43.3 Å². The van der Waals surface area contributed by atoms with Gasteiger partial charge in [0.05, 0.1) is 18.0 Å². The molecule has 0 atom stereocenters. The summed E-state index contributed by atoms with van der Waals surface area (Å²) in [4.78, 5) is 12.2. The highest BCUT2D eigenvalue weighted by molar-refractivity contribution is 5.94. The van der Waals surface area contributed by atoms with E-state index >= 15 is 0 Å². The van der Waals surface area contributed by atoms with Gasteiger partial charge in [0.25, 0.3) is 5.91 Å². The Balaban J connectivity index is 1.48. The van der Waals surface area contributed by atoms with Crippen LogP contribution in [0.2, 0.25) is 0 Å². The van der Waals surface area contributed by atoms with E-state index in [0.29, 0.717) is 38.5 Å². The molecule has 2 heterocycles. The second-order valence-corrected chi connectivity index (χ2v) is 6.53. The van der Waals surface area contributed by atoms with Gasteiger partial charge in [-0.1, -0.05) is 18.2 Å². The third-order valence-corrected chi connectivity index (χ3v) is 4.61. The van der Waals surface area contributed by atoms with Crippen LogP contribution in [0.15, 0.2) is 48.5 Å². The molecular weight excluding hydrogens is 370 g/mol. The molecule has 0 fully saturated rings. The van der Waals surface area contributed by atoms with Crippen LogP contribution in [0.5, 0.6) is 11.5 Å². The van der Waals surface area contributed by atoms with Gasteiger partial charge in [-0.2, -0.15) is 5.10 Å². The highest BCUT2D eigenvalue weighted by Gasteiger charge is 2.18. The standard InChI is InChI=1S/C22H23N3O4/c1-2-27-11-10-23-22(26)16-8-6-15(7-9-16)18-14-19(25-24-18)17-4-3-5-20-21(17)29-13-12-28-20/h3-9,14H,2,10-13H2,1H3,(H,23,26)(H,24,25). The van der Waals surface area contributed by atoms with Crippen LogP contribution in [-0.2, 0) is 4.74 Å². The Morgan fingerprint density at radius 2 is 2.00 bits per heavy atom. The quantitative estimate of drug-likeness (QED) is 0.602. The molecule has 29 heavy (non-hydrogen) atoms. The van der Waals surface area contributed by atoms with Gasteiger partial charge in [-0.3, -0.25) is 9.89 Å². The van der Waals surface area contributed by atoms with E-state index in [4.69, 9.17) is 14.2 Å². The number of nitrogens with one attached hydrogen (secondary N) is 2. The summed E-state index contributed by atoms with van der Waals surface area (Å²) in [6, 6.07) is 15.1. The number of hydrogen-bond acceptors (Lipinski definition) is 5. The molecule has 0 aliphatic carbocycles. The number of carbonyl (C=O) groups excluding carboxylic acids is 1. The van der Waals surface area contributed by atoms with Gasteiger partial charge in [0.2, 0.25) is 0 Å². The van der Waals surface area contributed by atoms with Crippen LogP contribution >= 0.6 is 0 Å². The van der Waals surface area contributed by atoms with Crippen molar-refractivity contribution in [3.05, 3.63) is 54.1 Å². The lowest BCUT2D eigenvalue weighted by Crippen LogP contribution is -2.27. The van der Waals surface area contributed by atoms with Crippen molar-refractivity contribution in [1.29, 1.82) is 0 Å². The lowest BCUT2D eigenvalue weighted by Gasteiger charge is -2.20. The number of aromatic nitrogens is 2. The zero-order chi connectivity index (χ0) is 20.1. The van der Waals surface area contributed by atoms with Gasteiger partial charge in [-0.25, -0.2) is 0 Å². The Hall–Kier alpha value is -3.32. The molecule has 0 saturated carbocycles. The second kappa shape index (κ2) is 8.79. The SMILES string of the molecule is CCOCCNC(=O)c1ccc(-c2cc(-c3cccc4c3OCCO4)[nH]n2)cc1. The maximum atomic E-state index is 12.2. The minimum atomic E-state index is -0.118. The van der Waals surface area contributed by atoms with Crippen LogP contribution in [0.1, 0.15) is 17.3 Å². The third kappa shape index (κ3) is 4.25. The average Bonchev–Trinajstić information content (AvgIpc) is 3.26. The normalized spacial score (nSPS) is 12.6. The molecule has 0 radical (unpaired) electrons. The second-order valence-electron chi connectivity index (χ2n) is 6.53. The number of H-pyrrole nitrogens is 1. The molecular formula is C22H23N3O4. The molecule has 4 rings (SSSR count). The summed E-state index contributed by atoms with van der Waals surface area (Å²) in [5.74, 6) is 1.35. The first-order chi connectivity index (χ1) is 14.3. The molecule has 1 aliphatic heterocycles. The molecule has 0 saturated heterocycles. The number of ether oxygens (including phenoxy) is 3. The summed E-state index contributed by atoms with van der Waals surface area (Å²) >= 11 is 0. The first kappa shape index (κ1) is 19.0. The summed E-state index contributed by atoms with van der Waals surface area (Å²) in [5.41, 5.74) is 4.06. The number of carbonyl (C=O) groups is 1. The number of benzene rings is 2. The summed E-state index contributed by atoms with van der Waals surface area (Å²) < 4.78 is 16.7. The van der Waals surface area contributed by atoms with Crippen molar-refractivity contribution in [3.8, 4) is 34.0 Å². The van der Waals surface area contributed by atoms with Gasteiger partial charge in [-0.15, -0.1) is 0 Å². The molecule has 0 spiro atoms. The molecule has 2 aromatic carbocycles. The Morgan fingerprint density at radius 1 is 1.17 bits per heavy atom. The summed E-state index contributed by atoms with van der Waals surface area (Å²) in [6.07, 6.45) is 0. The number of rotatable bonds is 7. The van der Waals surface area contributed by atoms with E-state index < -0.39 is 0 Å². The molecule has 1 aromatic heterocycles. The molecule has 0 unspecified atom stereocenters. The topological polar surface area (TPSA) is 85.5 Å². The number of amides is 1. The minimum absolute atomic E-state index is 0.118. The van der Waals surface area contributed by atoms with Gasteiger partial charge < -0.3 is 19.5 Å². The van der Waals surface area contributed by atoms with Crippen LogP contribution in [0.3, 0.4) is 0 Å². The molecule has 3 aromatic rings. The Labute approximate surface area is 169 Å². The van der Waals surface area contributed by atoms with Crippen molar-refractivity contribution >= 4 is 5.91 Å². The van der Waals surface area contributed by atoms with Gasteiger partial charge in [0.1, 0.15) is 13.2 Å². The Bertz CT molecular complexity index is 982. The van der Waals surface area contributed by atoms with Crippen molar-refractivity contribution in [3.63, 3.8) is 0 Å². The zero-order valence-electron chi connectivity index (χ0n) is 16.2. The van der Waals surface area contributed by atoms with E-state index in [-0.39, 0.29) is 5.91 Å². The van der Waals surface area contributed by atoms with E-state index in [9.17, 15) is 4.79 Å². The number of aromatic amines is 1. The Kier molecular flexibility index (Phi) is 5.76. The lowest BCUT2D eigenvalue weighted by atomic mass is 10.1. The fourth-order valence-electron chi connectivity index (χ4n) is 3.17. The fourth-order valence-corrected chi connectivity index (χ4v) is 3.17. The predicted molar refractivity (Wildman–Crippen MR) is 109 cm³/mol. The number of fused-ring (bicyclic) bond motifs is 1. The third-order valence-electron chi connectivity index (χ3n) is 4.61. The van der Waals surface area contributed by atoms with Crippen molar-refractivity contribution < 1.29 is 19.0 Å². The minimum Gasteiger partial charge on any atom is -0.486 e. The van der Waals surface area contributed by atoms with Crippen LogP contribution in [-0.4, -0.2) is 49.1 Å². The molecule has 150 valence electrons. The molecule has 0 bridgehead atoms. The van der Waals surface area contributed by atoms with Crippen molar-refractivity contribution in [2.75, 3.05) is 33.0 Å². The lowest BCUT2D eigenvalue weighted by molar-refractivity contribution is 0.0922. The van der Waals surface area contributed by atoms with Crippen molar-refractivity contribution in [2.45, 2.75) is 6.92 Å².